The second kappa shape index (κ2) is 15.0. The number of hydrogen-bond donors (Lipinski definition) is 5. The third-order valence-electron chi connectivity index (χ3n) is 1.75. The first kappa shape index (κ1) is 27.9. The summed E-state index contributed by atoms with van der Waals surface area (Å²) in [6.07, 6.45) is 0.0185. The smallest absolute Gasteiger partial charge is 1.00 e. The Morgan fingerprint density at radius 1 is 1.00 bits per heavy atom. The summed E-state index contributed by atoms with van der Waals surface area (Å²) in [4.78, 5) is 29.7. The van der Waals surface area contributed by atoms with Gasteiger partial charge in [0.15, 0.2) is 0 Å². The zero-order valence-corrected chi connectivity index (χ0v) is 13.9. The summed E-state index contributed by atoms with van der Waals surface area (Å²) in [7, 11) is 0. The molecule has 0 aromatic rings. The molecule has 0 saturated heterocycles. The Kier molecular flexibility index (Phi) is 20.9. The van der Waals surface area contributed by atoms with E-state index in [0.717, 1.165) is 0 Å². The van der Waals surface area contributed by atoms with Gasteiger partial charge in [0.1, 0.15) is 12.1 Å². The topological polar surface area (TPSA) is 164 Å². The van der Waals surface area contributed by atoms with Crippen LogP contribution in [0.4, 0.5) is 0 Å². The molecule has 0 spiro atoms. The van der Waals surface area contributed by atoms with Gasteiger partial charge in [0.2, 0.25) is 0 Å². The van der Waals surface area contributed by atoms with Gasteiger partial charge in [-0.1, -0.05) is 13.8 Å². The molecular weight excluding hydrogens is 324 g/mol. The number of hydrogen-bond acceptors (Lipinski definition) is 5. The molecule has 0 aliphatic heterocycles. The zero-order chi connectivity index (χ0) is 14.9. The maximum atomic E-state index is 10.1. The normalized spacial score (nSPS) is 11.8. The standard InChI is InChI=1S/C6H13NO2.C4H7NO4.Fe.Mg.2H/c1-4(2)3-5(7)6(8)9;5-2(4(8)9)1-3(6)7;;;;/h4-5H,3,7H2,1-2H3,(H,8,9);2H,1,5H2,(H,6,7)(H,8,9);;;;/q;;;+2;2*-1. The molecule has 8 nitrogen and oxygen atoms in total. The maximum Gasteiger partial charge on any atom is 2.00 e. The first-order chi connectivity index (χ1) is 8.07. The van der Waals surface area contributed by atoms with Crippen molar-refractivity contribution in [3.63, 3.8) is 0 Å². The van der Waals surface area contributed by atoms with Crippen molar-refractivity contribution < 1.29 is 49.6 Å². The van der Waals surface area contributed by atoms with Crippen molar-refractivity contribution in [1.29, 1.82) is 0 Å². The Balaban J connectivity index is -0.0000000492. The van der Waals surface area contributed by atoms with Crippen LogP contribution in [0.2, 0.25) is 0 Å². The van der Waals surface area contributed by atoms with E-state index in [0.29, 0.717) is 12.3 Å². The van der Waals surface area contributed by atoms with Gasteiger partial charge in [-0.15, -0.1) is 0 Å². The molecule has 0 aliphatic rings. The Labute approximate surface area is 146 Å². The van der Waals surface area contributed by atoms with Crippen molar-refractivity contribution in [3.05, 3.63) is 0 Å². The largest absolute Gasteiger partial charge is 2.00 e. The second-order valence-electron chi connectivity index (χ2n) is 4.12. The summed E-state index contributed by atoms with van der Waals surface area (Å²) in [5, 5.41) is 24.3. The molecule has 118 valence electrons. The molecule has 0 saturated carbocycles. The molecule has 0 heterocycles. The summed E-state index contributed by atoms with van der Waals surface area (Å²) < 4.78 is 0. The number of aliphatic carboxylic acids is 3. The Bertz CT molecular complexity index is 313. The average molecular weight is 346 g/mol. The van der Waals surface area contributed by atoms with Gasteiger partial charge in [-0.2, -0.15) is 0 Å². The molecule has 0 rings (SSSR count). The van der Waals surface area contributed by atoms with E-state index in [1.807, 2.05) is 13.8 Å². The van der Waals surface area contributed by atoms with Gasteiger partial charge in [0.05, 0.1) is 6.42 Å². The van der Waals surface area contributed by atoms with Crippen molar-refractivity contribution in [1.82, 2.24) is 0 Å². The number of carboxylic acid groups (broad SMARTS) is 3. The van der Waals surface area contributed by atoms with E-state index < -0.39 is 36.4 Å². The average Bonchev–Trinajstić information content (AvgIpc) is 2.16. The number of rotatable bonds is 6. The number of carbonyl (C=O) groups is 3. The maximum absolute atomic E-state index is 10.1. The quantitative estimate of drug-likeness (QED) is 0.388. The number of nitrogens with two attached hydrogens (primary N) is 2. The van der Waals surface area contributed by atoms with E-state index in [-0.39, 0.29) is 43.0 Å². The van der Waals surface area contributed by atoms with Crippen LogP contribution < -0.4 is 11.5 Å². The first-order valence-electron chi connectivity index (χ1n) is 5.26. The van der Waals surface area contributed by atoms with Crippen LogP contribution >= 0.6 is 0 Å². The molecule has 2 atom stereocenters. The summed E-state index contributed by atoms with van der Waals surface area (Å²) in [6.45, 7) is 3.89. The van der Waals surface area contributed by atoms with Crippen molar-refractivity contribution in [2.75, 3.05) is 0 Å². The fraction of sp³-hybridized carbons (Fsp3) is 0.700. The number of carboxylic acids is 3. The fourth-order valence-electron chi connectivity index (χ4n) is 0.884. The van der Waals surface area contributed by atoms with E-state index in [4.69, 9.17) is 26.8 Å². The molecular formula is C10H22FeMgN2O6. The van der Waals surface area contributed by atoms with Crippen LogP contribution in [0.5, 0.6) is 0 Å². The Morgan fingerprint density at radius 2 is 1.35 bits per heavy atom. The van der Waals surface area contributed by atoms with E-state index in [2.05, 4.69) is 0 Å². The molecule has 0 aromatic heterocycles. The van der Waals surface area contributed by atoms with Crippen molar-refractivity contribution in [2.45, 2.75) is 38.8 Å². The molecule has 20 heavy (non-hydrogen) atoms. The van der Waals surface area contributed by atoms with E-state index in [1.54, 1.807) is 0 Å². The molecule has 10 heteroatoms. The van der Waals surface area contributed by atoms with Gasteiger partial charge < -0.3 is 29.6 Å². The minimum Gasteiger partial charge on any atom is -1.00 e. The van der Waals surface area contributed by atoms with Gasteiger partial charge >= 0.3 is 41.0 Å². The van der Waals surface area contributed by atoms with Crippen LogP contribution in [0.3, 0.4) is 0 Å². The summed E-state index contributed by atoms with van der Waals surface area (Å²) in [5.74, 6) is -3.05. The van der Waals surface area contributed by atoms with E-state index in [1.165, 1.54) is 0 Å². The van der Waals surface area contributed by atoms with Gasteiger partial charge in [0, 0.05) is 17.1 Å². The third-order valence-corrected chi connectivity index (χ3v) is 1.75. The third kappa shape index (κ3) is 19.9. The Hall–Kier alpha value is -0.384. The minimum absolute atomic E-state index is 0. The van der Waals surface area contributed by atoms with E-state index >= 15 is 0 Å². The monoisotopic (exact) mass is 346 g/mol. The SMILES string of the molecule is CC(C)CC(N)C(=O)O.NC(CC(=O)O)C(=O)O.[Fe].[H-].[H-].[Mg+2]. The van der Waals surface area contributed by atoms with Gasteiger partial charge in [-0.25, -0.2) is 0 Å². The predicted octanol–water partition coefficient (Wildman–Crippen LogP) is -0.841. The van der Waals surface area contributed by atoms with Gasteiger partial charge in [0.25, 0.3) is 0 Å². The molecule has 2 unspecified atom stereocenters. The second-order valence-corrected chi connectivity index (χ2v) is 4.12. The fourth-order valence-corrected chi connectivity index (χ4v) is 0.884. The van der Waals surface area contributed by atoms with Crippen molar-refractivity contribution >= 4 is 41.0 Å². The van der Waals surface area contributed by atoms with Crippen LogP contribution in [-0.4, -0.2) is 68.4 Å². The van der Waals surface area contributed by atoms with E-state index in [9.17, 15) is 14.4 Å². The molecule has 0 amide bonds. The van der Waals surface area contributed by atoms with Crippen LogP contribution in [-0.2, 0) is 31.5 Å². The summed E-state index contributed by atoms with van der Waals surface area (Å²) >= 11 is 0. The summed E-state index contributed by atoms with van der Waals surface area (Å²) in [5.41, 5.74) is 10.1. The first-order valence-corrected chi connectivity index (χ1v) is 5.26. The van der Waals surface area contributed by atoms with Gasteiger partial charge in [-0.3, -0.25) is 14.4 Å². The molecule has 0 fully saturated rings. The molecule has 0 bridgehead atoms. The van der Waals surface area contributed by atoms with Crippen LogP contribution in [0, 0.1) is 5.92 Å². The van der Waals surface area contributed by atoms with Crippen LogP contribution in [0.1, 0.15) is 29.5 Å². The summed E-state index contributed by atoms with van der Waals surface area (Å²) in [6, 6.07) is -1.98. The van der Waals surface area contributed by atoms with Gasteiger partial charge in [-0.05, 0) is 12.3 Å². The minimum atomic E-state index is -1.29. The van der Waals surface area contributed by atoms with Crippen molar-refractivity contribution in [2.24, 2.45) is 17.4 Å². The zero-order valence-electron chi connectivity index (χ0n) is 13.4. The van der Waals surface area contributed by atoms with Crippen molar-refractivity contribution in [3.8, 4) is 0 Å². The molecule has 0 radical (unpaired) electrons. The predicted molar refractivity (Wildman–Crippen MR) is 70.9 cm³/mol. The molecule has 0 aliphatic carbocycles. The van der Waals surface area contributed by atoms with Crippen LogP contribution in [0.15, 0.2) is 0 Å². The molecule has 0 aromatic carbocycles. The Morgan fingerprint density at radius 3 is 1.45 bits per heavy atom. The van der Waals surface area contributed by atoms with Crippen LogP contribution in [0.25, 0.3) is 0 Å². The molecule has 7 N–H and O–H groups in total.